The van der Waals surface area contributed by atoms with Crippen LogP contribution in [-0.4, -0.2) is 55.3 Å². The van der Waals surface area contributed by atoms with Crippen LogP contribution in [0.4, 0.5) is 0 Å². The van der Waals surface area contributed by atoms with E-state index in [-0.39, 0.29) is 5.97 Å². The third kappa shape index (κ3) is 9.74. The van der Waals surface area contributed by atoms with Crippen LogP contribution in [0.3, 0.4) is 0 Å². The van der Waals surface area contributed by atoms with Crippen LogP contribution in [0.2, 0.25) is 6.04 Å². The smallest absolute Gasteiger partial charge is 0.463 e. The van der Waals surface area contributed by atoms with Gasteiger partial charge in [-0.25, -0.2) is 9.59 Å². The number of unbranched alkanes of at least 4 members (excludes halogenated alkanes) is 1. The van der Waals surface area contributed by atoms with Gasteiger partial charge in [0.1, 0.15) is 0 Å². The Morgan fingerprint density at radius 2 is 1.59 bits per heavy atom. The lowest BCUT2D eigenvalue weighted by Crippen LogP contribution is -2.42. The van der Waals surface area contributed by atoms with Crippen LogP contribution in [0.1, 0.15) is 36.5 Å². The van der Waals surface area contributed by atoms with Crippen LogP contribution in [0, 0.1) is 0 Å². The number of aryl methyl sites for hydroxylation is 1. The molecule has 0 aromatic heterocycles. The van der Waals surface area contributed by atoms with Crippen molar-refractivity contribution in [2.45, 2.75) is 38.7 Å². The van der Waals surface area contributed by atoms with Crippen molar-refractivity contribution < 1.29 is 32.3 Å². The van der Waals surface area contributed by atoms with E-state index in [1.54, 1.807) is 34.3 Å². The summed E-state index contributed by atoms with van der Waals surface area (Å²) in [7, 11) is 2.28. The first kappa shape index (κ1) is 30.2. The van der Waals surface area contributed by atoms with Gasteiger partial charge in [-0.15, -0.1) is 0 Å². The van der Waals surface area contributed by atoms with Gasteiger partial charge in [-0.3, -0.25) is 0 Å². The molecule has 0 saturated heterocycles. The number of rotatable bonds is 16. The highest BCUT2D eigenvalue weighted by molar-refractivity contribution is 6.60. The van der Waals surface area contributed by atoms with Gasteiger partial charge in [0.05, 0.1) is 13.2 Å². The van der Waals surface area contributed by atoms with Crippen molar-refractivity contribution in [1.82, 2.24) is 0 Å². The number of benzene rings is 2. The van der Waals surface area contributed by atoms with Crippen molar-refractivity contribution in [3.05, 3.63) is 77.9 Å². The summed E-state index contributed by atoms with van der Waals surface area (Å²) in [5, 5.41) is 0. The van der Waals surface area contributed by atoms with Gasteiger partial charge in [-0.05, 0) is 60.1 Å². The number of carbonyl (C=O) groups excluding carboxylic acids is 2. The predicted octanol–water partition coefficient (Wildman–Crippen LogP) is 5.40. The van der Waals surface area contributed by atoms with E-state index >= 15 is 0 Å². The number of hydrogen-bond acceptors (Lipinski definition) is 7. The Morgan fingerprint density at radius 3 is 2.22 bits per heavy atom. The molecule has 0 aliphatic heterocycles. The second-order valence-corrected chi connectivity index (χ2v) is 11.4. The lowest BCUT2D eigenvalue weighted by molar-refractivity contribution is -0.138. The molecule has 0 radical (unpaired) electrons. The molecule has 2 rings (SSSR count). The molecule has 8 heteroatoms. The highest BCUT2D eigenvalue weighted by Crippen LogP contribution is 2.28. The second kappa shape index (κ2) is 15.9. The monoisotopic (exact) mass is 526 g/mol. The lowest BCUT2D eigenvalue weighted by atomic mass is 9.93. The largest absolute Gasteiger partial charge is 0.500 e. The molecule has 2 aromatic carbocycles. The molecule has 0 N–H and O–H groups in total. The van der Waals surface area contributed by atoms with Gasteiger partial charge < -0.3 is 22.8 Å². The lowest BCUT2D eigenvalue weighted by Gasteiger charge is -2.24. The summed E-state index contributed by atoms with van der Waals surface area (Å²) in [6.45, 7) is 5.85. The van der Waals surface area contributed by atoms with Gasteiger partial charge in [0.15, 0.2) is 0 Å². The Hall–Kier alpha value is -3.04. The molecule has 0 fully saturated rings. The van der Waals surface area contributed by atoms with Crippen LogP contribution < -0.4 is 0 Å². The number of carbonyl (C=O) groups is 2. The first-order valence-electron chi connectivity index (χ1n) is 12.4. The SMILES string of the molecule is C=CC(=O)OCCc1ccc(-c2ccc(/C=C/C(=O)OCC)cc2CCCC[Si](OC)(OC)OC)cc1. The average molecular weight is 527 g/mol. The fraction of sp³-hybridized carbons (Fsp3) is 0.379. The third-order valence-corrected chi connectivity index (χ3v) is 8.84. The molecule has 37 heavy (non-hydrogen) atoms. The summed E-state index contributed by atoms with van der Waals surface area (Å²) in [5.74, 6) is -0.776. The van der Waals surface area contributed by atoms with Crippen LogP contribution >= 0.6 is 0 Å². The van der Waals surface area contributed by atoms with Crippen molar-refractivity contribution in [2.75, 3.05) is 34.5 Å². The molecular weight excluding hydrogens is 488 g/mol. The number of esters is 2. The van der Waals surface area contributed by atoms with Gasteiger partial charge in [0, 0.05) is 45.9 Å². The van der Waals surface area contributed by atoms with E-state index in [0.717, 1.165) is 53.6 Å². The fourth-order valence-electron chi connectivity index (χ4n) is 3.95. The van der Waals surface area contributed by atoms with E-state index < -0.39 is 14.8 Å². The van der Waals surface area contributed by atoms with Crippen molar-refractivity contribution in [3.8, 4) is 11.1 Å². The van der Waals surface area contributed by atoms with Gasteiger partial charge >= 0.3 is 20.7 Å². The van der Waals surface area contributed by atoms with Crippen LogP contribution in [0.25, 0.3) is 17.2 Å². The minimum atomic E-state index is -2.60. The maximum Gasteiger partial charge on any atom is 0.500 e. The van der Waals surface area contributed by atoms with E-state index in [4.69, 9.17) is 22.8 Å². The Morgan fingerprint density at radius 1 is 0.892 bits per heavy atom. The summed E-state index contributed by atoms with van der Waals surface area (Å²) in [6, 6.07) is 15.2. The van der Waals surface area contributed by atoms with Crippen molar-refractivity contribution in [3.63, 3.8) is 0 Å². The highest BCUT2D eigenvalue weighted by Gasteiger charge is 2.36. The summed E-state index contributed by atoms with van der Waals surface area (Å²) in [4.78, 5) is 23.0. The third-order valence-electron chi connectivity index (χ3n) is 6.01. The van der Waals surface area contributed by atoms with Crippen LogP contribution in [0.5, 0.6) is 0 Å². The van der Waals surface area contributed by atoms with Crippen LogP contribution in [-0.2, 0) is 45.2 Å². The summed E-state index contributed by atoms with van der Waals surface area (Å²) >= 11 is 0. The zero-order valence-corrected chi connectivity index (χ0v) is 23.3. The molecular formula is C29H38O7Si. The van der Waals surface area contributed by atoms with Gasteiger partial charge in [-0.2, -0.15) is 0 Å². The van der Waals surface area contributed by atoms with E-state index in [1.807, 2.05) is 18.2 Å². The molecule has 0 aliphatic carbocycles. The topological polar surface area (TPSA) is 80.3 Å². The minimum Gasteiger partial charge on any atom is -0.463 e. The normalized spacial score (nSPS) is 11.5. The number of hydrogen-bond donors (Lipinski definition) is 0. The maximum absolute atomic E-state index is 11.8. The van der Waals surface area contributed by atoms with Crippen LogP contribution in [0.15, 0.2) is 61.2 Å². The Bertz CT molecular complexity index is 1030. The van der Waals surface area contributed by atoms with Crippen molar-refractivity contribution in [1.29, 1.82) is 0 Å². The molecule has 7 nitrogen and oxygen atoms in total. The first-order valence-corrected chi connectivity index (χ1v) is 14.3. The second-order valence-electron chi connectivity index (χ2n) is 8.32. The molecule has 0 unspecified atom stereocenters. The van der Waals surface area contributed by atoms with Crippen molar-refractivity contribution >= 4 is 26.8 Å². The first-order chi connectivity index (χ1) is 17.9. The van der Waals surface area contributed by atoms with Gasteiger partial charge in [0.25, 0.3) is 0 Å². The molecule has 0 amide bonds. The van der Waals surface area contributed by atoms with Crippen molar-refractivity contribution in [2.24, 2.45) is 0 Å². The van der Waals surface area contributed by atoms with E-state index in [0.29, 0.717) is 19.6 Å². The predicted molar refractivity (Wildman–Crippen MR) is 147 cm³/mol. The minimum absolute atomic E-state index is 0.312. The molecule has 0 bridgehead atoms. The average Bonchev–Trinajstić information content (AvgIpc) is 2.93. The molecule has 200 valence electrons. The Labute approximate surface area is 221 Å². The van der Waals surface area contributed by atoms with E-state index in [1.165, 1.54) is 11.6 Å². The quantitative estimate of drug-likeness (QED) is 0.125. The molecule has 0 saturated carbocycles. The standard InChI is InChI=1S/C29H38O7Si/c1-6-28(30)36-20-19-23-11-15-25(16-12-23)27-17-13-24(14-18-29(31)35-7-2)22-26(27)10-8-9-21-37(32-3,33-4)34-5/h6,11-18,22H,1,7-10,19-21H2,2-5H3/b18-14+. The Balaban J connectivity index is 2.20. The zero-order valence-electron chi connectivity index (χ0n) is 22.3. The fourth-order valence-corrected chi connectivity index (χ4v) is 5.75. The Kier molecular flexibility index (Phi) is 13.0. The van der Waals surface area contributed by atoms with Gasteiger partial charge in [-0.1, -0.05) is 49.0 Å². The molecule has 0 heterocycles. The van der Waals surface area contributed by atoms with Gasteiger partial charge in [0.2, 0.25) is 0 Å². The highest BCUT2D eigenvalue weighted by atomic mass is 28.4. The molecule has 0 atom stereocenters. The maximum atomic E-state index is 11.8. The van der Waals surface area contributed by atoms with E-state index in [2.05, 4.69) is 30.8 Å². The number of ether oxygens (including phenoxy) is 2. The molecule has 2 aromatic rings. The summed E-state index contributed by atoms with van der Waals surface area (Å²) in [5.41, 5.74) is 5.42. The summed E-state index contributed by atoms with van der Waals surface area (Å²) in [6.07, 6.45) is 7.69. The molecule has 0 spiro atoms. The zero-order chi connectivity index (χ0) is 27.1. The van der Waals surface area contributed by atoms with E-state index in [9.17, 15) is 9.59 Å². The summed E-state index contributed by atoms with van der Waals surface area (Å²) < 4.78 is 26.7. The molecule has 0 aliphatic rings.